The predicted molar refractivity (Wildman–Crippen MR) is 98.5 cm³/mol. The number of rotatable bonds is 4. The molecule has 27 heavy (non-hydrogen) atoms. The van der Waals surface area contributed by atoms with Gasteiger partial charge in [-0.15, -0.1) is 0 Å². The smallest absolute Gasteiger partial charge is 0.337 e. The lowest BCUT2D eigenvalue weighted by atomic mass is 9.95. The molecule has 8 heteroatoms. The molecule has 0 unspecified atom stereocenters. The van der Waals surface area contributed by atoms with E-state index in [1.807, 2.05) is 24.3 Å². The molecule has 142 valence electrons. The van der Waals surface area contributed by atoms with Crippen LogP contribution in [0.15, 0.2) is 53.4 Å². The quantitative estimate of drug-likeness (QED) is 0.798. The summed E-state index contributed by atoms with van der Waals surface area (Å²) >= 11 is 0. The van der Waals surface area contributed by atoms with Crippen molar-refractivity contribution >= 4 is 21.9 Å². The van der Waals surface area contributed by atoms with Gasteiger partial charge < -0.3 is 10.1 Å². The molecule has 1 heterocycles. The van der Waals surface area contributed by atoms with Gasteiger partial charge in [0.1, 0.15) is 6.04 Å². The number of likely N-dealkylation sites (N-methyl/N-ethyl adjacent to an activating group) is 1. The molecule has 0 fully saturated rings. The van der Waals surface area contributed by atoms with Crippen molar-refractivity contribution in [2.45, 2.75) is 23.9 Å². The summed E-state index contributed by atoms with van der Waals surface area (Å²) in [5.74, 6) is -1.00. The summed E-state index contributed by atoms with van der Waals surface area (Å²) in [4.78, 5) is 24.1. The fourth-order valence-corrected chi connectivity index (χ4v) is 4.79. The zero-order valence-corrected chi connectivity index (χ0v) is 15.8. The predicted octanol–water partition coefficient (Wildman–Crippen LogP) is 1.33. The molecular formula is C19H20N2O5S. The van der Waals surface area contributed by atoms with Crippen LogP contribution >= 0.6 is 0 Å². The lowest BCUT2D eigenvalue weighted by Gasteiger charge is -2.34. The van der Waals surface area contributed by atoms with Gasteiger partial charge in [-0.1, -0.05) is 30.3 Å². The van der Waals surface area contributed by atoms with Crippen LogP contribution in [0.5, 0.6) is 0 Å². The van der Waals surface area contributed by atoms with E-state index in [1.54, 1.807) is 0 Å². The Balaban J connectivity index is 2.06. The van der Waals surface area contributed by atoms with E-state index >= 15 is 0 Å². The van der Waals surface area contributed by atoms with E-state index in [-0.39, 0.29) is 29.3 Å². The maximum Gasteiger partial charge on any atom is 0.337 e. The van der Waals surface area contributed by atoms with Gasteiger partial charge in [-0.05, 0) is 35.7 Å². The molecule has 0 saturated carbocycles. The Morgan fingerprint density at radius 3 is 2.48 bits per heavy atom. The minimum absolute atomic E-state index is 0.0568. The summed E-state index contributed by atoms with van der Waals surface area (Å²) < 4.78 is 32.4. The number of hydrogen-bond acceptors (Lipinski definition) is 5. The molecule has 0 spiro atoms. The molecule has 1 aliphatic heterocycles. The molecule has 1 N–H and O–H groups in total. The minimum Gasteiger partial charge on any atom is -0.465 e. The van der Waals surface area contributed by atoms with E-state index < -0.39 is 22.0 Å². The molecule has 1 atom stereocenters. The summed E-state index contributed by atoms with van der Waals surface area (Å²) in [5.41, 5.74) is 1.93. The van der Waals surface area contributed by atoms with Crippen LogP contribution in [0.2, 0.25) is 0 Å². The summed E-state index contributed by atoms with van der Waals surface area (Å²) in [6.45, 7) is 0.0824. The zero-order valence-electron chi connectivity index (χ0n) is 15.0. The van der Waals surface area contributed by atoms with E-state index in [0.717, 1.165) is 11.1 Å². The van der Waals surface area contributed by atoms with Gasteiger partial charge in [-0.2, -0.15) is 4.31 Å². The number of methoxy groups -OCH3 is 1. The molecule has 1 amide bonds. The summed E-state index contributed by atoms with van der Waals surface area (Å²) in [6.07, 6.45) is 0.284. The summed E-state index contributed by atoms with van der Waals surface area (Å²) in [6, 6.07) is 12.2. The summed E-state index contributed by atoms with van der Waals surface area (Å²) in [7, 11) is -1.30. The van der Waals surface area contributed by atoms with Crippen molar-refractivity contribution in [1.82, 2.24) is 9.62 Å². The molecule has 7 nitrogen and oxygen atoms in total. The van der Waals surface area contributed by atoms with Crippen molar-refractivity contribution in [1.29, 1.82) is 0 Å². The van der Waals surface area contributed by atoms with Crippen LogP contribution in [0.3, 0.4) is 0 Å². The Hall–Kier alpha value is -2.71. The number of carbonyl (C=O) groups excluding carboxylic acids is 2. The average molecular weight is 388 g/mol. The fourth-order valence-electron chi connectivity index (χ4n) is 3.18. The first kappa shape index (κ1) is 19.1. The van der Waals surface area contributed by atoms with E-state index in [1.165, 1.54) is 42.7 Å². The number of carbonyl (C=O) groups is 2. The van der Waals surface area contributed by atoms with Gasteiger partial charge in [0.25, 0.3) is 0 Å². The highest BCUT2D eigenvalue weighted by Gasteiger charge is 2.39. The second kappa shape index (κ2) is 7.50. The third-order valence-electron chi connectivity index (χ3n) is 4.62. The van der Waals surface area contributed by atoms with E-state index in [0.29, 0.717) is 0 Å². The van der Waals surface area contributed by atoms with Crippen LogP contribution in [-0.2, 0) is 32.5 Å². The lowest BCUT2D eigenvalue weighted by molar-refractivity contribution is -0.124. The molecule has 3 rings (SSSR count). The average Bonchev–Trinajstić information content (AvgIpc) is 2.71. The number of benzene rings is 2. The monoisotopic (exact) mass is 388 g/mol. The Morgan fingerprint density at radius 2 is 1.81 bits per heavy atom. The molecule has 0 aliphatic carbocycles. The van der Waals surface area contributed by atoms with E-state index in [9.17, 15) is 18.0 Å². The summed E-state index contributed by atoms with van der Waals surface area (Å²) in [5, 5.41) is 2.54. The number of fused-ring (bicyclic) bond motifs is 1. The van der Waals surface area contributed by atoms with Gasteiger partial charge in [0, 0.05) is 13.6 Å². The van der Waals surface area contributed by atoms with Crippen LogP contribution < -0.4 is 5.32 Å². The Kier molecular flexibility index (Phi) is 5.29. The number of ether oxygens (including phenoxy) is 1. The van der Waals surface area contributed by atoms with Crippen LogP contribution in [-0.4, -0.2) is 44.8 Å². The van der Waals surface area contributed by atoms with Gasteiger partial charge in [0.2, 0.25) is 15.9 Å². The van der Waals surface area contributed by atoms with Crippen molar-refractivity contribution in [3.05, 3.63) is 65.2 Å². The SMILES string of the molecule is CNC(=O)[C@@H]1Cc2ccccc2CN1S(=O)(=O)c1cccc(C(=O)OC)c1. The second-order valence-corrected chi connectivity index (χ2v) is 8.06. The van der Waals surface area contributed by atoms with Crippen molar-refractivity contribution in [3.8, 4) is 0 Å². The molecule has 0 bridgehead atoms. The van der Waals surface area contributed by atoms with Gasteiger partial charge in [-0.3, -0.25) is 4.79 Å². The Labute approximate surface area is 158 Å². The number of hydrogen-bond donors (Lipinski definition) is 1. The maximum absolute atomic E-state index is 13.3. The van der Waals surface area contributed by atoms with Gasteiger partial charge >= 0.3 is 5.97 Å². The third kappa shape index (κ3) is 3.58. The maximum atomic E-state index is 13.3. The molecule has 0 aromatic heterocycles. The van der Waals surface area contributed by atoms with Gasteiger partial charge in [-0.25, -0.2) is 13.2 Å². The van der Waals surface area contributed by atoms with Crippen LogP contribution in [0.4, 0.5) is 0 Å². The highest BCUT2D eigenvalue weighted by Crippen LogP contribution is 2.29. The number of nitrogens with one attached hydrogen (secondary N) is 1. The normalized spacial score (nSPS) is 17.0. The highest BCUT2D eigenvalue weighted by atomic mass is 32.2. The van der Waals surface area contributed by atoms with E-state index in [4.69, 9.17) is 0 Å². The van der Waals surface area contributed by atoms with Crippen molar-refractivity contribution in [3.63, 3.8) is 0 Å². The van der Waals surface area contributed by atoms with Crippen molar-refractivity contribution in [2.24, 2.45) is 0 Å². The van der Waals surface area contributed by atoms with Crippen LogP contribution in [0.1, 0.15) is 21.5 Å². The largest absolute Gasteiger partial charge is 0.465 e. The first-order valence-corrected chi connectivity index (χ1v) is 9.81. The zero-order chi connectivity index (χ0) is 19.6. The number of nitrogens with zero attached hydrogens (tertiary/aromatic N) is 1. The topological polar surface area (TPSA) is 92.8 Å². The standard InChI is InChI=1S/C19H20N2O5S/c1-20-18(22)17-11-13-6-3-4-7-15(13)12-21(17)27(24,25)16-9-5-8-14(10-16)19(23)26-2/h3-10,17H,11-12H2,1-2H3,(H,20,22)/t17-/m0/s1. The Bertz CT molecular complexity index is 987. The number of sulfonamides is 1. The van der Waals surface area contributed by atoms with Crippen molar-refractivity contribution < 1.29 is 22.7 Å². The second-order valence-electron chi connectivity index (χ2n) is 6.17. The first-order chi connectivity index (χ1) is 12.9. The molecule has 2 aromatic carbocycles. The fraction of sp³-hybridized carbons (Fsp3) is 0.263. The van der Waals surface area contributed by atoms with Gasteiger partial charge in [0.15, 0.2) is 0 Å². The van der Waals surface area contributed by atoms with Crippen molar-refractivity contribution in [2.75, 3.05) is 14.2 Å². The Morgan fingerprint density at radius 1 is 1.11 bits per heavy atom. The molecule has 1 aliphatic rings. The highest BCUT2D eigenvalue weighted by molar-refractivity contribution is 7.89. The number of esters is 1. The molecule has 2 aromatic rings. The molecular weight excluding hydrogens is 368 g/mol. The lowest BCUT2D eigenvalue weighted by Crippen LogP contribution is -2.51. The van der Waals surface area contributed by atoms with Crippen LogP contribution in [0, 0.1) is 0 Å². The van der Waals surface area contributed by atoms with Crippen LogP contribution in [0.25, 0.3) is 0 Å². The molecule has 0 saturated heterocycles. The van der Waals surface area contributed by atoms with E-state index in [2.05, 4.69) is 10.1 Å². The molecule has 0 radical (unpaired) electrons. The first-order valence-electron chi connectivity index (χ1n) is 8.37. The minimum atomic E-state index is -4.01. The third-order valence-corrected chi connectivity index (χ3v) is 6.47. The number of amides is 1. The van der Waals surface area contributed by atoms with Gasteiger partial charge in [0.05, 0.1) is 17.6 Å².